The predicted molar refractivity (Wildman–Crippen MR) is 70.1 cm³/mol. The van der Waals surface area contributed by atoms with Crippen LogP contribution in [-0.2, 0) is 16.0 Å². The van der Waals surface area contributed by atoms with Crippen molar-refractivity contribution >= 4 is 17.4 Å². The zero-order valence-corrected chi connectivity index (χ0v) is 11.9. The van der Waals surface area contributed by atoms with Gasteiger partial charge in [0.2, 0.25) is 6.61 Å². The lowest BCUT2D eigenvalue weighted by atomic mass is 10.3. The number of oxime groups is 1. The number of alkyl halides is 3. The van der Waals surface area contributed by atoms with Crippen molar-refractivity contribution in [3.63, 3.8) is 0 Å². The molecular weight excluding hydrogens is 293 g/mol. The molecule has 0 aliphatic heterocycles. The summed E-state index contributed by atoms with van der Waals surface area (Å²) in [6, 6.07) is 1.59. The van der Waals surface area contributed by atoms with Gasteiger partial charge < -0.3 is 9.39 Å². The first-order valence-corrected chi connectivity index (χ1v) is 7.22. The number of pyridine rings is 1. The molecule has 0 aromatic carbocycles. The van der Waals surface area contributed by atoms with Crippen LogP contribution in [0.15, 0.2) is 22.3 Å². The first-order valence-electron chi connectivity index (χ1n) is 5.90. The molecule has 0 saturated heterocycles. The first-order chi connectivity index (χ1) is 9.33. The van der Waals surface area contributed by atoms with Crippen LogP contribution in [0.1, 0.15) is 24.6 Å². The second kappa shape index (κ2) is 7.49. The lowest BCUT2D eigenvalue weighted by Gasteiger charge is -2.11. The van der Waals surface area contributed by atoms with Gasteiger partial charge >= 0.3 is 6.18 Å². The van der Waals surface area contributed by atoms with E-state index in [-0.39, 0.29) is 0 Å². The Balaban J connectivity index is 2.72. The fraction of sp³-hybridized carbons (Fsp3) is 0.500. The molecule has 0 aliphatic rings. The van der Waals surface area contributed by atoms with E-state index >= 15 is 0 Å². The molecular formula is C12H15F3N2O2S. The third kappa shape index (κ3) is 5.79. The largest absolute Gasteiger partial charge is 0.611 e. The third-order valence-corrected chi connectivity index (χ3v) is 3.88. The molecule has 112 valence electrons. The number of aromatic nitrogens is 1. The molecule has 0 amide bonds. The van der Waals surface area contributed by atoms with Crippen molar-refractivity contribution in [2.24, 2.45) is 5.16 Å². The van der Waals surface area contributed by atoms with Crippen LogP contribution in [0, 0.1) is 6.92 Å². The van der Waals surface area contributed by atoms with Crippen molar-refractivity contribution in [1.82, 2.24) is 4.98 Å². The number of hydrogen-bond acceptors (Lipinski definition) is 4. The minimum Gasteiger partial charge on any atom is -0.611 e. The van der Waals surface area contributed by atoms with E-state index in [0.29, 0.717) is 21.9 Å². The molecule has 0 fully saturated rings. The standard InChI is InChI=1S/C12H15F3N2O2S/c1-3-4-20(18)11-5-10(6-16-9(11)2)7-17-19-8-12(13,14)15/h5-7H,3-4,8H2,1-2H3/b17-7+. The molecule has 0 bridgehead atoms. The van der Waals surface area contributed by atoms with Gasteiger partial charge in [0.25, 0.3) is 0 Å². The molecule has 20 heavy (non-hydrogen) atoms. The lowest BCUT2D eigenvalue weighted by molar-refractivity contribution is -0.173. The van der Waals surface area contributed by atoms with Gasteiger partial charge in [0.05, 0.1) is 11.9 Å². The normalized spacial score (nSPS) is 13.7. The van der Waals surface area contributed by atoms with Crippen LogP contribution in [-0.4, -0.2) is 34.3 Å². The highest BCUT2D eigenvalue weighted by molar-refractivity contribution is 7.91. The number of rotatable bonds is 6. The zero-order chi connectivity index (χ0) is 15.2. The van der Waals surface area contributed by atoms with Crippen LogP contribution < -0.4 is 0 Å². The van der Waals surface area contributed by atoms with E-state index in [1.807, 2.05) is 6.92 Å². The smallest absolute Gasteiger partial charge is 0.425 e. The highest BCUT2D eigenvalue weighted by Crippen LogP contribution is 2.17. The van der Waals surface area contributed by atoms with Gasteiger partial charge in [-0.2, -0.15) is 13.2 Å². The maximum atomic E-state index is 11.9. The van der Waals surface area contributed by atoms with Gasteiger partial charge in [-0.15, -0.1) is 0 Å². The maximum Gasteiger partial charge on any atom is 0.425 e. The molecule has 0 radical (unpaired) electrons. The summed E-state index contributed by atoms with van der Waals surface area (Å²) < 4.78 is 47.4. The Kier molecular flexibility index (Phi) is 6.28. The van der Waals surface area contributed by atoms with Gasteiger partial charge in [0, 0.05) is 17.8 Å². The predicted octanol–water partition coefficient (Wildman–Crippen LogP) is 2.82. The van der Waals surface area contributed by atoms with Gasteiger partial charge in [-0.1, -0.05) is 12.1 Å². The summed E-state index contributed by atoms with van der Waals surface area (Å²) in [4.78, 5) is 8.73. The van der Waals surface area contributed by atoms with Crippen LogP contribution in [0.2, 0.25) is 0 Å². The van der Waals surface area contributed by atoms with E-state index in [4.69, 9.17) is 0 Å². The van der Waals surface area contributed by atoms with Crippen LogP contribution in [0.5, 0.6) is 0 Å². The van der Waals surface area contributed by atoms with Crippen LogP contribution in [0.3, 0.4) is 0 Å². The van der Waals surface area contributed by atoms with E-state index in [9.17, 15) is 17.7 Å². The minimum atomic E-state index is -4.42. The molecule has 1 aromatic heterocycles. The maximum absolute atomic E-state index is 11.9. The van der Waals surface area contributed by atoms with E-state index < -0.39 is 24.0 Å². The Morgan fingerprint density at radius 3 is 2.80 bits per heavy atom. The molecule has 1 atom stereocenters. The fourth-order valence-corrected chi connectivity index (χ4v) is 2.57. The van der Waals surface area contributed by atoms with Gasteiger partial charge in [-0.3, -0.25) is 4.98 Å². The van der Waals surface area contributed by atoms with E-state index in [1.54, 1.807) is 13.0 Å². The van der Waals surface area contributed by atoms with E-state index in [1.165, 1.54) is 6.20 Å². The van der Waals surface area contributed by atoms with Crippen LogP contribution in [0.4, 0.5) is 13.2 Å². The molecule has 4 nitrogen and oxygen atoms in total. The number of hydrogen-bond donors (Lipinski definition) is 0. The monoisotopic (exact) mass is 308 g/mol. The Morgan fingerprint density at radius 1 is 1.50 bits per heavy atom. The summed E-state index contributed by atoms with van der Waals surface area (Å²) >= 11 is -1.17. The van der Waals surface area contributed by atoms with Gasteiger partial charge in [-0.05, 0) is 24.5 Å². The number of halogens is 3. The molecule has 8 heteroatoms. The zero-order valence-electron chi connectivity index (χ0n) is 11.1. The lowest BCUT2D eigenvalue weighted by Crippen LogP contribution is -2.14. The van der Waals surface area contributed by atoms with Gasteiger partial charge in [-0.25, -0.2) is 0 Å². The summed E-state index contributed by atoms with van der Waals surface area (Å²) in [6.45, 7) is 2.19. The van der Waals surface area contributed by atoms with Gasteiger partial charge in [0.1, 0.15) is 5.75 Å². The molecule has 1 aromatic rings. The minimum absolute atomic E-state index is 0.442. The molecule has 0 aliphatic carbocycles. The Bertz CT molecular complexity index is 467. The van der Waals surface area contributed by atoms with Crippen molar-refractivity contribution in [2.75, 3.05) is 12.4 Å². The topological polar surface area (TPSA) is 57.5 Å². The van der Waals surface area contributed by atoms with Crippen molar-refractivity contribution in [2.45, 2.75) is 31.3 Å². The number of aryl methyl sites for hydroxylation is 1. The summed E-state index contributed by atoms with van der Waals surface area (Å²) in [5.41, 5.74) is 1.07. The number of nitrogens with zero attached hydrogens (tertiary/aromatic N) is 2. The van der Waals surface area contributed by atoms with Crippen LogP contribution >= 0.6 is 0 Å². The Morgan fingerprint density at radius 2 is 2.20 bits per heavy atom. The second-order valence-electron chi connectivity index (χ2n) is 4.02. The second-order valence-corrected chi connectivity index (χ2v) is 5.56. The van der Waals surface area contributed by atoms with Crippen molar-refractivity contribution < 1.29 is 22.6 Å². The third-order valence-electron chi connectivity index (χ3n) is 2.20. The molecule has 1 rings (SSSR count). The molecule has 1 unspecified atom stereocenters. The van der Waals surface area contributed by atoms with Gasteiger partial charge in [0.15, 0.2) is 4.90 Å². The molecule has 0 N–H and O–H groups in total. The Hall–Kier alpha value is -1.28. The average molecular weight is 308 g/mol. The summed E-state index contributed by atoms with van der Waals surface area (Å²) in [5.74, 6) is 0.508. The Labute approximate surface area is 118 Å². The van der Waals surface area contributed by atoms with Crippen molar-refractivity contribution in [3.05, 3.63) is 23.5 Å². The quantitative estimate of drug-likeness (QED) is 0.461. The summed E-state index contributed by atoms with van der Waals surface area (Å²) in [5, 5.41) is 3.22. The molecule has 1 heterocycles. The molecule has 0 saturated carbocycles. The summed E-state index contributed by atoms with van der Waals surface area (Å²) in [6.07, 6.45) is -1.11. The highest BCUT2D eigenvalue weighted by Gasteiger charge is 2.28. The van der Waals surface area contributed by atoms with E-state index in [0.717, 1.165) is 12.6 Å². The van der Waals surface area contributed by atoms with Crippen molar-refractivity contribution in [3.8, 4) is 0 Å². The first kappa shape index (κ1) is 16.8. The highest BCUT2D eigenvalue weighted by atomic mass is 32.2. The summed E-state index contributed by atoms with van der Waals surface area (Å²) in [7, 11) is 0. The average Bonchev–Trinajstić information content (AvgIpc) is 2.35. The SMILES string of the molecule is CCC[S+]([O-])c1cc(/C=N/OCC(F)(F)F)cnc1C. The van der Waals surface area contributed by atoms with Crippen molar-refractivity contribution in [1.29, 1.82) is 0 Å². The fourth-order valence-electron chi connectivity index (χ4n) is 1.33. The van der Waals surface area contributed by atoms with Crippen LogP contribution in [0.25, 0.3) is 0 Å². The molecule has 0 spiro atoms. The van der Waals surface area contributed by atoms with E-state index in [2.05, 4.69) is 15.0 Å².